The van der Waals surface area contributed by atoms with Crippen LogP contribution in [0.25, 0.3) is 27.7 Å². The summed E-state index contributed by atoms with van der Waals surface area (Å²) in [7, 11) is 0. The molecule has 6 nitrogen and oxygen atoms in total. The Morgan fingerprint density at radius 1 is 1.21 bits per heavy atom. The molecule has 174 valence electrons. The van der Waals surface area contributed by atoms with Gasteiger partial charge < -0.3 is 19.2 Å². The highest BCUT2D eigenvalue weighted by molar-refractivity contribution is 6.00. The van der Waals surface area contributed by atoms with Gasteiger partial charge in [-0.05, 0) is 43.2 Å². The molecule has 1 aliphatic rings. The van der Waals surface area contributed by atoms with Crippen LogP contribution in [-0.4, -0.2) is 56.8 Å². The summed E-state index contributed by atoms with van der Waals surface area (Å²) in [6, 6.07) is 10.1. The molecule has 0 radical (unpaired) electrons. The van der Waals surface area contributed by atoms with Crippen LogP contribution >= 0.6 is 0 Å². The summed E-state index contributed by atoms with van der Waals surface area (Å²) in [6.07, 6.45) is 3.26. The topological polar surface area (TPSA) is 63.9 Å². The molecule has 0 unspecified atom stereocenters. The number of ether oxygens (including phenoxy) is 2. The maximum Gasteiger partial charge on any atom is 0.244 e. The van der Waals surface area contributed by atoms with Crippen molar-refractivity contribution in [3.63, 3.8) is 0 Å². The van der Waals surface area contributed by atoms with Crippen molar-refractivity contribution in [3.05, 3.63) is 60.1 Å². The van der Waals surface area contributed by atoms with E-state index in [1.165, 1.54) is 12.1 Å². The zero-order chi connectivity index (χ0) is 23.2. The van der Waals surface area contributed by atoms with Crippen molar-refractivity contribution in [2.75, 3.05) is 46.0 Å². The van der Waals surface area contributed by atoms with E-state index in [0.29, 0.717) is 24.5 Å². The second-order valence-electron chi connectivity index (χ2n) is 8.01. The largest absolute Gasteiger partial charge is 0.493 e. The van der Waals surface area contributed by atoms with Crippen LogP contribution < -0.4 is 10.1 Å². The molecular formula is C26H29FN2O4. The summed E-state index contributed by atoms with van der Waals surface area (Å²) in [4.78, 5) is 14.8. The highest BCUT2D eigenvalue weighted by Gasteiger charge is 2.16. The van der Waals surface area contributed by atoms with E-state index < -0.39 is 0 Å². The summed E-state index contributed by atoms with van der Waals surface area (Å²) in [5.41, 5.74) is 3.99. The number of furan rings is 1. The van der Waals surface area contributed by atoms with Gasteiger partial charge in [0.15, 0.2) is 0 Å². The van der Waals surface area contributed by atoms with Gasteiger partial charge in [-0.2, -0.15) is 0 Å². The highest BCUT2D eigenvalue weighted by Crippen LogP contribution is 2.37. The SMILES string of the molecule is CCOc1cc2occ(-c3ccc(F)cc3)c2cc1/C(C)=C/C(=O)NCCN1CCOCC1. The van der Waals surface area contributed by atoms with E-state index >= 15 is 0 Å². The van der Waals surface area contributed by atoms with E-state index in [2.05, 4.69) is 10.2 Å². The lowest BCUT2D eigenvalue weighted by atomic mass is 9.99. The van der Waals surface area contributed by atoms with E-state index in [4.69, 9.17) is 13.9 Å². The number of fused-ring (bicyclic) bond motifs is 1. The number of nitrogens with zero attached hydrogens (tertiary/aromatic N) is 1. The van der Waals surface area contributed by atoms with Gasteiger partial charge in [0.05, 0.1) is 26.1 Å². The number of amides is 1. The number of morpholine rings is 1. The molecule has 1 saturated heterocycles. The Morgan fingerprint density at radius 2 is 1.97 bits per heavy atom. The van der Waals surface area contributed by atoms with Gasteiger partial charge in [-0.25, -0.2) is 4.39 Å². The summed E-state index contributed by atoms with van der Waals surface area (Å²) in [6.45, 7) is 8.94. The van der Waals surface area contributed by atoms with Gasteiger partial charge in [0.2, 0.25) is 5.91 Å². The Labute approximate surface area is 193 Å². The normalized spacial score (nSPS) is 15.1. The first kappa shape index (κ1) is 23.0. The van der Waals surface area contributed by atoms with Crippen molar-refractivity contribution in [1.82, 2.24) is 10.2 Å². The van der Waals surface area contributed by atoms with Crippen molar-refractivity contribution in [2.45, 2.75) is 13.8 Å². The second kappa shape index (κ2) is 10.6. The molecule has 4 rings (SSSR count). The molecule has 0 aliphatic carbocycles. The molecule has 1 aromatic heterocycles. The quantitative estimate of drug-likeness (QED) is 0.510. The fourth-order valence-electron chi connectivity index (χ4n) is 3.98. The number of hydrogen-bond acceptors (Lipinski definition) is 5. The van der Waals surface area contributed by atoms with Gasteiger partial charge in [0.25, 0.3) is 0 Å². The van der Waals surface area contributed by atoms with Gasteiger partial charge >= 0.3 is 0 Å². The van der Waals surface area contributed by atoms with Gasteiger partial charge in [-0.3, -0.25) is 9.69 Å². The molecule has 2 heterocycles. The molecule has 1 amide bonds. The van der Waals surface area contributed by atoms with E-state index in [1.807, 2.05) is 26.0 Å². The number of rotatable bonds is 8. The Kier molecular flexibility index (Phi) is 7.42. The zero-order valence-corrected chi connectivity index (χ0v) is 19.0. The average molecular weight is 453 g/mol. The molecule has 33 heavy (non-hydrogen) atoms. The third-order valence-electron chi connectivity index (χ3n) is 5.73. The van der Waals surface area contributed by atoms with Crippen LogP contribution in [0.4, 0.5) is 4.39 Å². The fraction of sp³-hybridized carbons (Fsp3) is 0.346. The minimum Gasteiger partial charge on any atom is -0.493 e. The van der Waals surface area contributed by atoms with Crippen LogP contribution in [0.2, 0.25) is 0 Å². The van der Waals surface area contributed by atoms with Crippen molar-refractivity contribution in [2.24, 2.45) is 0 Å². The van der Waals surface area contributed by atoms with Crippen molar-refractivity contribution >= 4 is 22.4 Å². The first-order chi connectivity index (χ1) is 16.0. The van der Waals surface area contributed by atoms with Crippen LogP contribution in [0.3, 0.4) is 0 Å². The smallest absolute Gasteiger partial charge is 0.244 e. The average Bonchev–Trinajstić information content (AvgIpc) is 3.23. The van der Waals surface area contributed by atoms with E-state index in [0.717, 1.165) is 60.5 Å². The maximum absolute atomic E-state index is 13.4. The third kappa shape index (κ3) is 5.61. The van der Waals surface area contributed by atoms with Crippen molar-refractivity contribution in [3.8, 4) is 16.9 Å². The summed E-state index contributed by atoms with van der Waals surface area (Å²) in [5.74, 6) is 0.221. The molecule has 0 atom stereocenters. The van der Waals surface area contributed by atoms with E-state index in [9.17, 15) is 9.18 Å². The Morgan fingerprint density at radius 3 is 2.70 bits per heavy atom. The predicted molar refractivity (Wildman–Crippen MR) is 127 cm³/mol. The van der Waals surface area contributed by atoms with E-state index in [1.54, 1.807) is 24.5 Å². The van der Waals surface area contributed by atoms with E-state index in [-0.39, 0.29) is 11.7 Å². The van der Waals surface area contributed by atoms with Crippen molar-refractivity contribution in [1.29, 1.82) is 0 Å². The van der Waals surface area contributed by atoms with Crippen LogP contribution in [-0.2, 0) is 9.53 Å². The molecule has 3 aromatic rings. The highest BCUT2D eigenvalue weighted by atomic mass is 19.1. The molecule has 0 spiro atoms. The van der Waals surface area contributed by atoms with Gasteiger partial charge in [0.1, 0.15) is 17.1 Å². The van der Waals surface area contributed by atoms with Gasteiger partial charge in [-0.1, -0.05) is 12.1 Å². The number of hydrogen-bond donors (Lipinski definition) is 1. The van der Waals surface area contributed by atoms with Crippen molar-refractivity contribution < 1.29 is 23.1 Å². The van der Waals surface area contributed by atoms with Gasteiger partial charge in [-0.15, -0.1) is 0 Å². The summed E-state index contributed by atoms with van der Waals surface area (Å²) in [5, 5.41) is 3.84. The van der Waals surface area contributed by atoms with Crippen LogP contribution in [0, 0.1) is 5.82 Å². The molecule has 0 bridgehead atoms. The molecule has 0 saturated carbocycles. The predicted octanol–water partition coefficient (Wildman–Crippen LogP) is 4.49. The summed E-state index contributed by atoms with van der Waals surface area (Å²) >= 11 is 0. The summed E-state index contributed by atoms with van der Waals surface area (Å²) < 4.78 is 30.3. The van der Waals surface area contributed by atoms with Crippen LogP contribution in [0.15, 0.2) is 53.2 Å². The van der Waals surface area contributed by atoms with Crippen LogP contribution in [0.1, 0.15) is 19.4 Å². The molecule has 1 fully saturated rings. The first-order valence-corrected chi connectivity index (χ1v) is 11.3. The monoisotopic (exact) mass is 452 g/mol. The molecule has 2 aromatic carbocycles. The molecule has 7 heteroatoms. The number of allylic oxidation sites excluding steroid dienone is 1. The Balaban J connectivity index is 1.56. The molecule has 1 aliphatic heterocycles. The number of nitrogens with one attached hydrogen (secondary N) is 1. The zero-order valence-electron chi connectivity index (χ0n) is 19.0. The van der Waals surface area contributed by atoms with Gasteiger partial charge in [0, 0.05) is 54.8 Å². The lowest BCUT2D eigenvalue weighted by Crippen LogP contribution is -2.41. The third-order valence-corrected chi connectivity index (χ3v) is 5.73. The maximum atomic E-state index is 13.4. The number of carbonyl (C=O) groups is 1. The number of benzene rings is 2. The lowest BCUT2D eigenvalue weighted by Gasteiger charge is -2.26. The lowest BCUT2D eigenvalue weighted by molar-refractivity contribution is -0.116. The second-order valence-corrected chi connectivity index (χ2v) is 8.01. The first-order valence-electron chi connectivity index (χ1n) is 11.3. The standard InChI is InChI=1S/C26H29FN2O4/c1-3-32-24-16-25-22(23(17-33-25)19-4-6-20(27)7-5-19)15-21(24)18(2)14-26(30)28-8-9-29-10-12-31-13-11-29/h4-7,14-17H,3,8-13H2,1-2H3,(H,28,30)/b18-14+. The fourth-order valence-corrected chi connectivity index (χ4v) is 3.98. The Bertz CT molecular complexity index is 1130. The number of halogens is 1. The minimum atomic E-state index is -0.288. The minimum absolute atomic E-state index is 0.144. The molecule has 1 N–H and O–H groups in total. The number of carbonyl (C=O) groups excluding carboxylic acids is 1. The Hall–Kier alpha value is -3.16. The van der Waals surface area contributed by atoms with Crippen LogP contribution in [0.5, 0.6) is 5.75 Å². The molecular weight excluding hydrogens is 423 g/mol.